The van der Waals surface area contributed by atoms with Gasteiger partial charge in [0.05, 0.1) is 32.2 Å². The molecule has 2 rings (SSSR count). The first-order valence-electron chi connectivity index (χ1n) is 7.65. The highest BCUT2D eigenvalue weighted by Crippen LogP contribution is 2.29. The average Bonchev–Trinajstić information content (AvgIpc) is 2.63. The van der Waals surface area contributed by atoms with Crippen LogP contribution in [0.4, 0.5) is 11.4 Å². The minimum atomic E-state index is -0.835. The van der Waals surface area contributed by atoms with E-state index in [0.29, 0.717) is 35.2 Å². The second-order valence-corrected chi connectivity index (χ2v) is 4.90. The molecule has 2 amide bonds. The number of hydrogen-bond acceptors (Lipinski definition) is 5. The van der Waals surface area contributed by atoms with E-state index >= 15 is 0 Å². The quantitative estimate of drug-likeness (QED) is 0.787. The highest BCUT2D eigenvalue weighted by atomic mass is 16.5. The van der Waals surface area contributed by atoms with E-state index in [0.717, 1.165) is 0 Å². The first kappa shape index (κ1) is 18.1. The molecule has 0 heterocycles. The van der Waals surface area contributed by atoms with Crippen molar-refractivity contribution in [2.45, 2.75) is 6.92 Å². The predicted molar refractivity (Wildman–Crippen MR) is 94.4 cm³/mol. The number of para-hydroxylation sites is 2. The summed E-state index contributed by atoms with van der Waals surface area (Å²) in [5.41, 5.74) is 0.752. The smallest absolute Gasteiger partial charge is 0.314 e. The summed E-state index contributed by atoms with van der Waals surface area (Å²) in [5.74, 6) is -0.227. The van der Waals surface area contributed by atoms with Crippen LogP contribution in [0.1, 0.15) is 6.92 Å². The number of rotatable bonds is 6. The molecule has 0 saturated heterocycles. The Morgan fingerprint density at radius 3 is 2.20 bits per heavy atom. The van der Waals surface area contributed by atoms with Gasteiger partial charge in [0.25, 0.3) is 0 Å². The lowest BCUT2D eigenvalue weighted by Gasteiger charge is -2.13. The summed E-state index contributed by atoms with van der Waals surface area (Å²) in [6.07, 6.45) is 0. The summed E-state index contributed by atoms with van der Waals surface area (Å²) in [6.45, 7) is 2.28. The highest BCUT2D eigenvalue weighted by molar-refractivity contribution is 6.44. The van der Waals surface area contributed by atoms with Gasteiger partial charge in [-0.05, 0) is 31.2 Å². The summed E-state index contributed by atoms with van der Waals surface area (Å²) in [7, 11) is 2.97. The lowest BCUT2D eigenvalue weighted by atomic mass is 10.2. The van der Waals surface area contributed by atoms with Gasteiger partial charge in [0.1, 0.15) is 17.2 Å². The van der Waals surface area contributed by atoms with Crippen molar-refractivity contribution in [3.63, 3.8) is 0 Å². The van der Waals surface area contributed by atoms with E-state index in [1.807, 2.05) is 6.92 Å². The maximum atomic E-state index is 12.2. The zero-order valence-corrected chi connectivity index (χ0v) is 14.3. The van der Waals surface area contributed by atoms with Gasteiger partial charge in [-0.25, -0.2) is 0 Å². The van der Waals surface area contributed by atoms with Gasteiger partial charge in [0.15, 0.2) is 0 Å². The molecule has 0 aromatic heterocycles. The molecule has 0 aliphatic rings. The van der Waals surface area contributed by atoms with Crippen molar-refractivity contribution in [2.24, 2.45) is 0 Å². The van der Waals surface area contributed by atoms with Crippen molar-refractivity contribution in [3.05, 3.63) is 42.5 Å². The molecule has 0 radical (unpaired) electrons. The van der Waals surface area contributed by atoms with Crippen LogP contribution < -0.4 is 24.8 Å². The van der Waals surface area contributed by atoms with E-state index in [1.54, 1.807) is 42.5 Å². The second-order valence-electron chi connectivity index (χ2n) is 4.90. The van der Waals surface area contributed by atoms with Gasteiger partial charge in [-0.2, -0.15) is 0 Å². The van der Waals surface area contributed by atoms with Crippen LogP contribution in [0.5, 0.6) is 17.2 Å². The number of amides is 2. The third-order valence-electron chi connectivity index (χ3n) is 3.30. The van der Waals surface area contributed by atoms with Crippen LogP contribution in [0.3, 0.4) is 0 Å². The molecule has 0 aliphatic heterocycles. The van der Waals surface area contributed by atoms with Crippen LogP contribution in [0.15, 0.2) is 42.5 Å². The van der Waals surface area contributed by atoms with Gasteiger partial charge in [0.2, 0.25) is 0 Å². The molecule has 0 aliphatic carbocycles. The number of carbonyl (C=O) groups excluding carboxylic acids is 2. The Hall–Kier alpha value is -3.22. The SMILES string of the molecule is CCOc1ccccc1NC(=O)C(=O)Nc1cc(OC)ccc1OC. The van der Waals surface area contributed by atoms with E-state index in [1.165, 1.54) is 14.2 Å². The Morgan fingerprint density at radius 1 is 0.880 bits per heavy atom. The van der Waals surface area contributed by atoms with E-state index in [9.17, 15) is 9.59 Å². The fraction of sp³-hybridized carbons (Fsp3) is 0.222. The molecule has 7 heteroatoms. The Morgan fingerprint density at radius 2 is 1.56 bits per heavy atom. The number of benzene rings is 2. The van der Waals surface area contributed by atoms with Gasteiger partial charge in [-0.15, -0.1) is 0 Å². The molecule has 0 fully saturated rings. The molecule has 0 bridgehead atoms. The molecule has 0 saturated carbocycles. The normalized spacial score (nSPS) is 9.88. The van der Waals surface area contributed by atoms with Crippen LogP contribution in [-0.2, 0) is 9.59 Å². The van der Waals surface area contributed by atoms with Gasteiger partial charge >= 0.3 is 11.8 Å². The van der Waals surface area contributed by atoms with Crippen molar-refractivity contribution >= 4 is 23.2 Å². The lowest BCUT2D eigenvalue weighted by Crippen LogP contribution is -2.29. The van der Waals surface area contributed by atoms with Crippen molar-refractivity contribution in [1.82, 2.24) is 0 Å². The molecule has 132 valence electrons. The van der Waals surface area contributed by atoms with Crippen LogP contribution in [-0.4, -0.2) is 32.6 Å². The molecule has 7 nitrogen and oxygen atoms in total. The molecule has 0 spiro atoms. The van der Waals surface area contributed by atoms with Gasteiger partial charge in [-0.3, -0.25) is 9.59 Å². The number of carbonyl (C=O) groups is 2. The fourth-order valence-corrected chi connectivity index (χ4v) is 2.12. The van der Waals surface area contributed by atoms with Gasteiger partial charge in [0, 0.05) is 6.07 Å². The molecule has 2 aromatic rings. The van der Waals surface area contributed by atoms with Crippen LogP contribution in [0.25, 0.3) is 0 Å². The van der Waals surface area contributed by atoms with E-state index in [2.05, 4.69) is 10.6 Å². The highest BCUT2D eigenvalue weighted by Gasteiger charge is 2.18. The monoisotopic (exact) mass is 344 g/mol. The average molecular weight is 344 g/mol. The van der Waals surface area contributed by atoms with Crippen LogP contribution in [0.2, 0.25) is 0 Å². The first-order chi connectivity index (χ1) is 12.1. The predicted octanol–water partition coefficient (Wildman–Crippen LogP) is 2.68. The van der Waals surface area contributed by atoms with Gasteiger partial charge in [-0.1, -0.05) is 12.1 Å². The third-order valence-corrected chi connectivity index (χ3v) is 3.30. The van der Waals surface area contributed by atoms with Crippen molar-refractivity contribution in [2.75, 3.05) is 31.5 Å². The van der Waals surface area contributed by atoms with Crippen LogP contribution in [0, 0.1) is 0 Å². The number of anilines is 2. The topological polar surface area (TPSA) is 85.9 Å². The summed E-state index contributed by atoms with van der Waals surface area (Å²) in [6, 6.07) is 11.8. The Kier molecular flexibility index (Phi) is 6.22. The maximum Gasteiger partial charge on any atom is 0.314 e. The summed E-state index contributed by atoms with van der Waals surface area (Å²) >= 11 is 0. The molecule has 25 heavy (non-hydrogen) atoms. The molecule has 2 aromatic carbocycles. The van der Waals surface area contributed by atoms with E-state index in [4.69, 9.17) is 14.2 Å². The van der Waals surface area contributed by atoms with Crippen molar-refractivity contribution < 1.29 is 23.8 Å². The molecule has 0 atom stereocenters. The minimum Gasteiger partial charge on any atom is -0.497 e. The molecular formula is C18H20N2O5. The number of nitrogens with one attached hydrogen (secondary N) is 2. The fourth-order valence-electron chi connectivity index (χ4n) is 2.12. The van der Waals surface area contributed by atoms with E-state index in [-0.39, 0.29) is 0 Å². The Bertz CT molecular complexity index is 761. The zero-order chi connectivity index (χ0) is 18.2. The van der Waals surface area contributed by atoms with Crippen molar-refractivity contribution in [1.29, 1.82) is 0 Å². The molecule has 0 unspecified atom stereocenters. The van der Waals surface area contributed by atoms with Crippen LogP contribution >= 0.6 is 0 Å². The first-order valence-corrected chi connectivity index (χ1v) is 7.65. The second kappa shape index (κ2) is 8.58. The number of hydrogen-bond donors (Lipinski definition) is 2. The number of ether oxygens (including phenoxy) is 3. The summed E-state index contributed by atoms with van der Waals surface area (Å²) in [5, 5.41) is 5.04. The molecule has 2 N–H and O–H groups in total. The third kappa shape index (κ3) is 4.63. The minimum absolute atomic E-state index is 0.333. The number of methoxy groups -OCH3 is 2. The summed E-state index contributed by atoms with van der Waals surface area (Å²) < 4.78 is 15.7. The van der Waals surface area contributed by atoms with Crippen molar-refractivity contribution in [3.8, 4) is 17.2 Å². The van der Waals surface area contributed by atoms with E-state index < -0.39 is 11.8 Å². The summed E-state index contributed by atoms with van der Waals surface area (Å²) in [4.78, 5) is 24.4. The Labute approximate surface area is 145 Å². The standard InChI is InChI=1S/C18H20N2O5/c1-4-25-16-8-6-5-7-13(16)19-17(21)18(22)20-14-11-12(23-2)9-10-15(14)24-3/h5-11H,4H2,1-3H3,(H,19,21)(H,20,22). The largest absolute Gasteiger partial charge is 0.497 e. The Balaban J connectivity index is 2.12. The lowest BCUT2D eigenvalue weighted by molar-refractivity contribution is -0.133. The zero-order valence-electron chi connectivity index (χ0n) is 14.3. The van der Waals surface area contributed by atoms with Gasteiger partial charge < -0.3 is 24.8 Å². The maximum absolute atomic E-state index is 12.2. The molecular weight excluding hydrogens is 324 g/mol.